The monoisotopic (exact) mass is 188 g/mol. The molecule has 0 saturated heterocycles. The Morgan fingerprint density at radius 3 is 2.93 bits per heavy atom. The van der Waals surface area contributed by atoms with Crippen LogP contribution in [0.1, 0.15) is 24.2 Å². The van der Waals surface area contributed by atoms with Gasteiger partial charge in [0, 0.05) is 23.7 Å². The summed E-state index contributed by atoms with van der Waals surface area (Å²) in [7, 11) is 0. The van der Waals surface area contributed by atoms with Crippen molar-refractivity contribution in [3.8, 4) is 0 Å². The van der Waals surface area contributed by atoms with Crippen LogP contribution in [-0.4, -0.2) is 15.6 Å². The number of fused-ring (bicyclic) bond motifs is 1. The van der Waals surface area contributed by atoms with Crippen LogP contribution in [-0.2, 0) is 6.54 Å². The van der Waals surface area contributed by atoms with Crippen molar-refractivity contribution in [3.63, 3.8) is 0 Å². The lowest BCUT2D eigenvalue weighted by atomic mass is 10.1. The zero-order valence-corrected chi connectivity index (χ0v) is 8.32. The second-order valence-electron chi connectivity index (χ2n) is 3.31. The number of benzene rings is 1. The number of nitrogens with zero attached hydrogens (tertiary/aromatic N) is 2. The molecule has 0 atom stereocenters. The number of aryl methyl sites for hydroxylation is 1. The zero-order chi connectivity index (χ0) is 10.1. The zero-order valence-electron chi connectivity index (χ0n) is 8.32. The molecule has 72 valence electrons. The van der Waals surface area contributed by atoms with Crippen LogP contribution in [0.5, 0.6) is 0 Å². The van der Waals surface area contributed by atoms with E-state index in [1.165, 1.54) is 0 Å². The third kappa shape index (κ3) is 1.41. The van der Waals surface area contributed by atoms with E-state index < -0.39 is 0 Å². The molecule has 0 aliphatic heterocycles. The van der Waals surface area contributed by atoms with Gasteiger partial charge in [-0.1, -0.05) is 12.1 Å². The molecule has 2 aromatic rings. The van der Waals surface area contributed by atoms with Gasteiger partial charge in [-0.05, 0) is 19.9 Å². The molecule has 3 heteroatoms. The van der Waals surface area contributed by atoms with Gasteiger partial charge in [-0.25, -0.2) is 0 Å². The first-order valence-electron chi connectivity index (χ1n) is 4.69. The molecule has 14 heavy (non-hydrogen) atoms. The van der Waals surface area contributed by atoms with Gasteiger partial charge in [0.05, 0.1) is 5.52 Å². The normalized spacial score (nSPS) is 10.7. The minimum atomic E-state index is 0.0814. The van der Waals surface area contributed by atoms with E-state index in [4.69, 9.17) is 0 Å². The van der Waals surface area contributed by atoms with E-state index in [0.29, 0.717) is 0 Å². The molecule has 0 unspecified atom stereocenters. The summed E-state index contributed by atoms with van der Waals surface area (Å²) in [5.41, 5.74) is 1.61. The number of ketones is 1. The fraction of sp³-hybridized carbons (Fsp3) is 0.273. The molecule has 3 nitrogen and oxygen atoms in total. The fourth-order valence-electron chi connectivity index (χ4n) is 1.45. The summed E-state index contributed by atoms with van der Waals surface area (Å²) < 4.78 is 1.87. The SMILES string of the molecule is CCn1cc2ccc(C(C)=O)cc2n1. The summed E-state index contributed by atoms with van der Waals surface area (Å²) in [5, 5.41) is 5.42. The molecule has 0 bridgehead atoms. The molecule has 1 aromatic carbocycles. The Labute approximate surface area is 82.3 Å². The number of carbonyl (C=O) groups excluding carboxylic acids is 1. The number of carbonyl (C=O) groups is 1. The van der Waals surface area contributed by atoms with E-state index in [9.17, 15) is 4.79 Å². The number of hydrogen-bond acceptors (Lipinski definition) is 2. The van der Waals surface area contributed by atoms with Crippen LogP contribution in [0.4, 0.5) is 0 Å². The molecule has 0 radical (unpaired) electrons. The molecule has 1 heterocycles. The molecule has 0 N–H and O–H groups in total. The molecule has 0 fully saturated rings. The molecule has 0 aliphatic carbocycles. The first-order valence-corrected chi connectivity index (χ1v) is 4.69. The Bertz CT molecular complexity index is 485. The molecule has 0 aliphatic rings. The van der Waals surface area contributed by atoms with Gasteiger partial charge in [0.1, 0.15) is 0 Å². The van der Waals surface area contributed by atoms with Crippen LogP contribution in [0.3, 0.4) is 0 Å². The first-order chi connectivity index (χ1) is 6.70. The molecular weight excluding hydrogens is 176 g/mol. The van der Waals surface area contributed by atoms with E-state index in [0.717, 1.165) is 23.0 Å². The number of hydrogen-bond donors (Lipinski definition) is 0. The highest BCUT2D eigenvalue weighted by molar-refractivity contribution is 5.97. The highest BCUT2D eigenvalue weighted by Gasteiger charge is 2.03. The second kappa shape index (κ2) is 3.25. The predicted octanol–water partition coefficient (Wildman–Crippen LogP) is 2.26. The molecule has 1 aromatic heterocycles. The van der Waals surface area contributed by atoms with Crippen molar-refractivity contribution in [1.82, 2.24) is 9.78 Å². The van der Waals surface area contributed by atoms with Crippen LogP contribution < -0.4 is 0 Å². The maximum atomic E-state index is 11.1. The van der Waals surface area contributed by atoms with Gasteiger partial charge in [0.25, 0.3) is 0 Å². The third-order valence-corrected chi connectivity index (χ3v) is 2.29. The van der Waals surface area contributed by atoms with Crippen LogP contribution >= 0.6 is 0 Å². The molecule has 0 saturated carbocycles. The Morgan fingerprint density at radius 2 is 2.29 bits per heavy atom. The maximum Gasteiger partial charge on any atom is 0.159 e. The Morgan fingerprint density at radius 1 is 1.50 bits per heavy atom. The van der Waals surface area contributed by atoms with Crippen LogP contribution in [0.2, 0.25) is 0 Å². The van der Waals surface area contributed by atoms with Gasteiger partial charge in [0.2, 0.25) is 0 Å². The van der Waals surface area contributed by atoms with Crippen molar-refractivity contribution in [3.05, 3.63) is 30.0 Å². The summed E-state index contributed by atoms with van der Waals surface area (Å²) in [4.78, 5) is 11.1. The Balaban J connectivity index is 2.59. The van der Waals surface area contributed by atoms with Gasteiger partial charge < -0.3 is 0 Å². The van der Waals surface area contributed by atoms with E-state index >= 15 is 0 Å². The van der Waals surface area contributed by atoms with E-state index in [1.807, 2.05) is 36.0 Å². The number of aromatic nitrogens is 2. The Kier molecular flexibility index (Phi) is 2.08. The first kappa shape index (κ1) is 8.94. The van der Waals surface area contributed by atoms with Crippen LogP contribution in [0, 0.1) is 0 Å². The predicted molar refractivity (Wildman–Crippen MR) is 55.4 cm³/mol. The minimum absolute atomic E-state index is 0.0814. The van der Waals surface area contributed by atoms with Crippen molar-refractivity contribution in [1.29, 1.82) is 0 Å². The van der Waals surface area contributed by atoms with E-state index in [-0.39, 0.29) is 5.78 Å². The largest absolute Gasteiger partial charge is 0.295 e. The van der Waals surface area contributed by atoms with Crippen LogP contribution in [0.25, 0.3) is 10.9 Å². The standard InChI is InChI=1S/C11H12N2O/c1-3-13-7-10-5-4-9(8(2)14)6-11(10)12-13/h4-7H,3H2,1-2H3. The summed E-state index contributed by atoms with van der Waals surface area (Å²) >= 11 is 0. The Hall–Kier alpha value is -1.64. The van der Waals surface area contributed by atoms with Crippen molar-refractivity contribution in [2.24, 2.45) is 0 Å². The fourth-order valence-corrected chi connectivity index (χ4v) is 1.45. The lowest BCUT2D eigenvalue weighted by Crippen LogP contribution is -1.93. The molecular formula is C11H12N2O. The van der Waals surface area contributed by atoms with Crippen molar-refractivity contribution >= 4 is 16.7 Å². The summed E-state index contributed by atoms with van der Waals surface area (Å²) in [6.07, 6.45) is 1.99. The smallest absolute Gasteiger partial charge is 0.159 e. The maximum absolute atomic E-state index is 11.1. The van der Waals surface area contributed by atoms with Crippen molar-refractivity contribution in [2.75, 3.05) is 0 Å². The second-order valence-corrected chi connectivity index (χ2v) is 3.31. The highest BCUT2D eigenvalue weighted by atomic mass is 16.1. The van der Waals surface area contributed by atoms with E-state index in [1.54, 1.807) is 6.92 Å². The van der Waals surface area contributed by atoms with Crippen molar-refractivity contribution < 1.29 is 4.79 Å². The summed E-state index contributed by atoms with van der Waals surface area (Å²) in [6, 6.07) is 5.61. The van der Waals surface area contributed by atoms with Gasteiger partial charge in [-0.3, -0.25) is 9.48 Å². The van der Waals surface area contributed by atoms with Gasteiger partial charge in [0.15, 0.2) is 5.78 Å². The van der Waals surface area contributed by atoms with Gasteiger partial charge in [-0.2, -0.15) is 5.10 Å². The van der Waals surface area contributed by atoms with Gasteiger partial charge >= 0.3 is 0 Å². The third-order valence-electron chi connectivity index (χ3n) is 2.29. The topological polar surface area (TPSA) is 34.9 Å². The quantitative estimate of drug-likeness (QED) is 0.677. The number of rotatable bonds is 2. The molecule has 0 spiro atoms. The lowest BCUT2D eigenvalue weighted by Gasteiger charge is -1.93. The molecule has 2 rings (SSSR count). The summed E-state index contributed by atoms with van der Waals surface area (Å²) in [6.45, 7) is 4.46. The van der Waals surface area contributed by atoms with Gasteiger partial charge in [-0.15, -0.1) is 0 Å². The number of Topliss-reactive ketones (excluding diaryl/α,β-unsaturated/α-hetero) is 1. The minimum Gasteiger partial charge on any atom is -0.295 e. The highest BCUT2D eigenvalue weighted by Crippen LogP contribution is 2.14. The van der Waals surface area contributed by atoms with Crippen LogP contribution in [0.15, 0.2) is 24.4 Å². The average molecular weight is 188 g/mol. The average Bonchev–Trinajstić information content (AvgIpc) is 2.58. The van der Waals surface area contributed by atoms with Crippen molar-refractivity contribution in [2.45, 2.75) is 20.4 Å². The molecule has 0 amide bonds. The van der Waals surface area contributed by atoms with E-state index in [2.05, 4.69) is 5.10 Å². The lowest BCUT2D eigenvalue weighted by molar-refractivity contribution is 0.101. The summed E-state index contributed by atoms with van der Waals surface area (Å²) in [5.74, 6) is 0.0814.